The SMILES string of the molecule is Cc1ccc(CN2CC[NH+](CC(=O)NN=Cc3ccc(O)cc3[O-])CC2)cc1. The molecule has 1 aliphatic rings. The van der Waals surface area contributed by atoms with E-state index in [1.54, 1.807) is 0 Å². The standard InChI is InChI=1S/C21H26N4O3/c1-16-2-4-17(5-3-16)14-24-8-10-25(11-9-24)15-21(28)23-22-13-18-6-7-19(26)12-20(18)27/h2-7,12-13,26-27H,8-11,14-15H2,1H3,(H,23,28). The highest BCUT2D eigenvalue weighted by atomic mass is 16.3. The molecule has 0 aromatic heterocycles. The Labute approximate surface area is 164 Å². The van der Waals surface area contributed by atoms with Gasteiger partial charge in [-0.05, 0) is 30.2 Å². The number of nitrogens with one attached hydrogen (secondary N) is 2. The molecular weight excluding hydrogens is 356 g/mol. The second kappa shape index (κ2) is 9.34. The van der Waals surface area contributed by atoms with Crippen LogP contribution >= 0.6 is 0 Å². The molecule has 28 heavy (non-hydrogen) atoms. The monoisotopic (exact) mass is 382 g/mol. The van der Waals surface area contributed by atoms with Crippen molar-refractivity contribution < 1.29 is 19.9 Å². The summed E-state index contributed by atoms with van der Waals surface area (Å²) in [6, 6.07) is 12.6. The summed E-state index contributed by atoms with van der Waals surface area (Å²) in [5.74, 6) is -0.603. The molecular formula is C21H26N4O3. The van der Waals surface area contributed by atoms with Crippen LogP contribution in [0.2, 0.25) is 0 Å². The number of hydrogen-bond acceptors (Lipinski definition) is 5. The van der Waals surface area contributed by atoms with Gasteiger partial charge < -0.3 is 15.1 Å². The number of quaternary nitrogens is 1. The Morgan fingerprint density at radius 1 is 1.25 bits per heavy atom. The summed E-state index contributed by atoms with van der Waals surface area (Å²) in [5.41, 5.74) is 5.37. The molecule has 2 aromatic rings. The van der Waals surface area contributed by atoms with Gasteiger partial charge in [-0.25, -0.2) is 5.43 Å². The number of carbonyl (C=O) groups excluding carboxylic acids is 1. The van der Waals surface area contributed by atoms with Crippen molar-refractivity contribution >= 4 is 12.1 Å². The van der Waals surface area contributed by atoms with Crippen molar-refractivity contribution in [2.45, 2.75) is 13.5 Å². The third-order valence-corrected chi connectivity index (χ3v) is 4.89. The second-order valence-electron chi connectivity index (χ2n) is 7.20. The summed E-state index contributed by atoms with van der Waals surface area (Å²) in [5, 5.41) is 24.7. The molecule has 0 aliphatic carbocycles. The molecule has 0 saturated carbocycles. The van der Waals surface area contributed by atoms with Crippen LogP contribution in [-0.4, -0.2) is 54.9 Å². The minimum Gasteiger partial charge on any atom is -0.872 e. The van der Waals surface area contributed by atoms with Crippen molar-refractivity contribution in [2.24, 2.45) is 5.10 Å². The maximum absolute atomic E-state index is 12.1. The molecule has 3 N–H and O–H groups in total. The van der Waals surface area contributed by atoms with Gasteiger partial charge in [-0.1, -0.05) is 41.6 Å². The van der Waals surface area contributed by atoms with E-state index in [4.69, 9.17) is 0 Å². The number of amides is 1. The van der Waals surface area contributed by atoms with Crippen molar-refractivity contribution in [3.63, 3.8) is 0 Å². The lowest BCUT2D eigenvalue weighted by Crippen LogP contribution is -3.15. The first-order valence-electron chi connectivity index (χ1n) is 9.43. The minimum absolute atomic E-state index is 0.0868. The van der Waals surface area contributed by atoms with Gasteiger partial charge in [0.05, 0.1) is 19.3 Å². The van der Waals surface area contributed by atoms with E-state index >= 15 is 0 Å². The topological polar surface area (TPSA) is 92.4 Å². The van der Waals surface area contributed by atoms with E-state index < -0.39 is 0 Å². The number of phenols is 1. The van der Waals surface area contributed by atoms with Gasteiger partial charge in [-0.2, -0.15) is 5.10 Å². The van der Waals surface area contributed by atoms with Crippen LogP contribution in [0.5, 0.6) is 11.5 Å². The van der Waals surface area contributed by atoms with Gasteiger partial charge in [-0.15, -0.1) is 0 Å². The number of aryl methyl sites for hydroxylation is 1. The number of piperazine rings is 1. The van der Waals surface area contributed by atoms with Crippen LogP contribution in [0.25, 0.3) is 0 Å². The fourth-order valence-corrected chi connectivity index (χ4v) is 3.23. The number of hydrazone groups is 1. The highest BCUT2D eigenvalue weighted by Gasteiger charge is 2.21. The molecule has 1 amide bonds. The molecule has 7 nitrogen and oxygen atoms in total. The predicted molar refractivity (Wildman–Crippen MR) is 105 cm³/mol. The largest absolute Gasteiger partial charge is 0.872 e. The number of hydrogen-bond donors (Lipinski definition) is 3. The van der Waals surface area contributed by atoms with E-state index in [1.165, 1.54) is 34.4 Å². The Hall–Kier alpha value is -2.90. The lowest BCUT2D eigenvalue weighted by atomic mass is 10.1. The molecule has 1 fully saturated rings. The van der Waals surface area contributed by atoms with Crippen LogP contribution in [-0.2, 0) is 11.3 Å². The van der Waals surface area contributed by atoms with Gasteiger partial charge in [0.2, 0.25) is 0 Å². The third-order valence-electron chi connectivity index (χ3n) is 4.89. The molecule has 7 heteroatoms. The Morgan fingerprint density at radius 3 is 2.64 bits per heavy atom. The lowest BCUT2D eigenvalue weighted by molar-refractivity contribution is -0.896. The molecule has 3 rings (SSSR count). The number of phenolic OH excluding ortho intramolecular Hbond substituents is 1. The van der Waals surface area contributed by atoms with Gasteiger partial charge in [0.15, 0.2) is 6.54 Å². The van der Waals surface area contributed by atoms with Crippen molar-refractivity contribution in [1.29, 1.82) is 0 Å². The molecule has 0 radical (unpaired) electrons. The van der Waals surface area contributed by atoms with Gasteiger partial charge in [0, 0.05) is 19.6 Å². The van der Waals surface area contributed by atoms with Crippen LogP contribution < -0.4 is 15.4 Å². The smallest absolute Gasteiger partial charge is 0.295 e. The summed E-state index contributed by atoms with van der Waals surface area (Å²) in [4.78, 5) is 15.7. The lowest BCUT2D eigenvalue weighted by Gasteiger charge is -2.31. The zero-order valence-corrected chi connectivity index (χ0v) is 16.0. The zero-order chi connectivity index (χ0) is 19.9. The molecule has 0 unspecified atom stereocenters. The first-order valence-corrected chi connectivity index (χ1v) is 9.43. The van der Waals surface area contributed by atoms with E-state index in [0.29, 0.717) is 12.1 Å². The number of nitrogens with zero attached hydrogens (tertiary/aromatic N) is 2. The third kappa shape index (κ3) is 5.80. The Bertz CT molecular complexity index is 828. The van der Waals surface area contributed by atoms with Crippen LogP contribution in [0.3, 0.4) is 0 Å². The summed E-state index contributed by atoms with van der Waals surface area (Å²) >= 11 is 0. The van der Waals surface area contributed by atoms with Gasteiger partial charge in [0.25, 0.3) is 5.91 Å². The number of carbonyl (C=O) groups is 1. The average molecular weight is 382 g/mol. The maximum Gasteiger partial charge on any atom is 0.295 e. The van der Waals surface area contributed by atoms with Crippen LogP contribution in [0.15, 0.2) is 47.6 Å². The van der Waals surface area contributed by atoms with E-state index in [1.807, 2.05) is 0 Å². The molecule has 0 spiro atoms. The molecule has 148 valence electrons. The molecule has 1 heterocycles. The van der Waals surface area contributed by atoms with Gasteiger partial charge in [-0.3, -0.25) is 9.69 Å². The molecule has 0 atom stereocenters. The fourth-order valence-electron chi connectivity index (χ4n) is 3.23. The zero-order valence-electron chi connectivity index (χ0n) is 16.0. The van der Waals surface area contributed by atoms with Crippen molar-refractivity contribution in [3.05, 3.63) is 59.2 Å². The summed E-state index contributed by atoms with van der Waals surface area (Å²) < 4.78 is 0. The highest BCUT2D eigenvalue weighted by Crippen LogP contribution is 2.18. The highest BCUT2D eigenvalue weighted by molar-refractivity contribution is 5.85. The maximum atomic E-state index is 12.1. The van der Waals surface area contributed by atoms with E-state index in [2.05, 4.69) is 46.6 Å². The van der Waals surface area contributed by atoms with Crippen LogP contribution in [0.1, 0.15) is 16.7 Å². The van der Waals surface area contributed by atoms with Crippen molar-refractivity contribution in [3.8, 4) is 11.5 Å². The fraction of sp³-hybridized carbons (Fsp3) is 0.333. The van der Waals surface area contributed by atoms with E-state index in [-0.39, 0.29) is 17.4 Å². The summed E-state index contributed by atoms with van der Waals surface area (Å²) in [7, 11) is 0. The quantitative estimate of drug-likeness (QED) is 0.469. The number of benzene rings is 2. The van der Waals surface area contributed by atoms with E-state index in [9.17, 15) is 15.0 Å². The Morgan fingerprint density at radius 2 is 1.96 bits per heavy atom. The second-order valence-corrected chi connectivity index (χ2v) is 7.20. The normalized spacial score (nSPS) is 15.8. The summed E-state index contributed by atoms with van der Waals surface area (Å²) in [6.07, 6.45) is 1.30. The Balaban J connectivity index is 1.39. The van der Waals surface area contributed by atoms with E-state index in [0.717, 1.165) is 38.8 Å². The summed E-state index contributed by atoms with van der Waals surface area (Å²) in [6.45, 7) is 7.10. The first kappa shape index (κ1) is 19.9. The van der Waals surface area contributed by atoms with Crippen molar-refractivity contribution in [1.82, 2.24) is 10.3 Å². The number of aromatic hydroxyl groups is 1. The van der Waals surface area contributed by atoms with Crippen LogP contribution in [0.4, 0.5) is 0 Å². The predicted octanol–water partition coefficient (Wildman–Crippen LogP) is -0.375. The molecule has 2 aromatic carbocycles. The Kier molecular flexibility index (Phi) is 6.62. The average Bonchev–Trinajstić information content (AvgIpc) is 2.67. The van der Waals surface area contributed by atoms with Crippen molar-refractivity contribution in [2.75, 3.05) is 32.7 Å². The van der Waals surface area contributed by atoms with Gasteiger partial charge in [0.1, 0.15) is 5.75 Å². The number of rotatable bonds is 6. The molecule has 1 aliphatic heterocycles. The van der Waals surface area contributed by atoms with Crippen LogP contribution in [0, 0.1) is 6.92 Å². The first-order chi connectivity index (χ1) is 13.5. The minimum atomic E-state index is -0.340. The molecule has 0 bridgehead atoms. The van der Waals surface area contributed by atoms with Gasteiger partial charge >= 0.3 is 0 Å². The molecule has 1 saturated heterocycles.